The molecule has 1 amide bonds. The summed E-state index contributed by atoms with van der Waals surface area (Å²) < 4.78 is 0. The van der Waals surface area contributed by atoms with Crippen LogP contribution in [0.1, 0.15) is 50.6 Å². The maximum Gasteiger partial charge on any atom is 0.322 e. The molecule has 0 aliphatic carbocycles. The summed E-state index contributed by atoms with van der Waals surface area (Å²) in [5, 5.41) is 24.7. The number of benzene rings is 3. The van der Waals surface area contributed by atoms with Crippen LogP contribution in [0.15, 0.2) is 96.3 Å². The Bertz CT molecular complexity index is 1460. The first-order valence-corrected chi connectivity index (χ1v) is 12.3. The lowest BCUT2D eigenvalue weighted by molar-refractivity contribution is -0.135. The average Bonchev–Trinajstić information content (AvgIpc) is 2.93. The maximum absolute atomic E-state index is 12.1. The van der Waals surface area contributed by atoms with E-state index in [1.54, 1.807) is 18.3 Å². The Morgan fingerprint density at radius 2 is 1.55 bits per heavy atom. The Kier molecular flexibility index (Phi) is 8.28. The zero-order valence-electron chi connectivity index (χ0n) is 21.3. The van der Waals surface area contributed by atoms with Crippen LogP contribution < -0.4 is 5.32 Å². The van der Waals surface area contributed by atoms with Gasteiger partial charge in [-0.3, -0.25) is 14.6 Å². The first kappa shape index (κ1) is 26.3. The van der Waals surface area contributed by atoms with E-state index in [2.05, 4.69) is 46.6 Å². The minimum atomic E-state index is -1.09. The van der Waals surface area contributed by atoms with Gasteiger partial charge >= 0.3 is 5.97 Å². The number of nitrogens with one attached hydrogen (secondary N) is 1. The molecule has 192 valence electrons. The molecule has 0 saturated carbocycles. The van der Waals surface area contributed by atoms with Gasteiger partial charge in [-0.25, -0.2) is 0 Å². The Hall–Kier alpha value is -4.78. The highest BCUT2D eigenvalue weighted by atomic mass is 16.4. The van der Waals surface area contributed by atoms with Crippen molar-refractivity contribution in [2.24, 2.45) is 5.16 Å². The van der Waals surface area contributed by atoms with Gasteiger partial charge in [0.2, 0.25) is 0 Å². The van der Waals surface area contributed by atoms with Crippen LogP contribution in [0, 0.1) is 13.8 Å². The molecule has 4 aromatic rings. The zero-order valence-corrected chi connectivity index (χ0v) is 21.3. The van der Waals surface area contributed by atoms with Crippen LogP contribution in [-0.2, 0) is 4.79 Å². The highest BCUT2D eigenvalue weighted by Crippen LogP contribution is 2.33. The number of aromatic nitrogens is 1. The van der Waals surface area contributed by atoms with Crippen molar-refractivity contribution >= 4 is 17.6 Å². The maximum atomic E-state index is 12.1. The molecular weight excluding hydrogens is 478 g/mol. The van der Waals surface area contributed by atoms with E-state index in [4.69, 9.17) is 5.11 Å². The van der Waals surface area contributed by atoms with Gasteiger partial charge in [0.15, 0.2) is 0 Å². The number of carboxylic acid groups (broad SMARTS) is 1. The molecule has 3 aromatic carbocycles. The first-order chi connectivity index (χ1) is 18.4. The van der Waals surface area contributed by atoms with E-state index in [1.165, 1.54) is 0 Å². The molecule has 1 unspecified atom stereocenters. The molecular formula is C31H29N3O4. The molecule has 0 radical (unpaired) electrons. The second kappa shape index (κ2) is 12.0. The average molecular weight is 508 g/mol. The van der Waals surface area contributed by atoms with Crippen LogP contribution in [0.5, 0.6) is 0 Å². The summed E-state index contributed by atoms with van der Waals surface area (Å²) in [4.78, 5) is 27.0. The molecule has 38 heavy (non-hydrogen) atoms. The summed E-state index contributed by atoms with van der Waals surface area (Å²) in [5.74, 6) is -1.56. The largest absolute Gasteiger partial charge is 0.480 e. The van der Waals surface area contributed by atoms with Gasteiger partial charge in [-0.15, -0.1) is 0 Å². The van der Waals surface area contributed by atoms with Gasteiger partial charge in [0, 0.05) is 35.4 Å². The molecule has 4 rings (SSSR count). The summed E-state index contributed by atoms with van der Waals surface area (Å²) in [5.41, 5.74) is 7.98. The Balaban J connectivity index is 1.61. The number of carboxylic acids is 1. The van der Waals surface area contributed by atoms with E-state index in [9.17, 15) is 14.8 Å². The van der Waals surface area contributed by atoms with Crippen LogP contribution in [0.3, 0.4) is 0 Å². The number of carbonyl (C=O) groups is 2. The number of amides is 1. The van der Waals surface area contributed by atoms with Crippen molar-refractivity contribution in [1.82, 2.24) is 10.3 Å². The van der Waals surface area contributed by atoms with Crippen LogP contribution in [-0.4, -0.2) is 39.4 Å². The van der Waals surface area contributed by atoms with Crippen molar-refractivity contribution in [3.05, 3.63) is 125 Å². The van der Waals surface area contributed by atoms with Gasteiger partial charge < -0.3 is 15.6 Å². The number of aryl methyl sites for hydroxylation is 2. The molecule has 3 N–H and O–H groups in total. The fraction of sp³-hybridized carbons (Fsp3) is 0.161. The van der Waals surface area contributed by atoms with E-state index < -0.39 is 18.4 Å². The highest BCUT2D eigenvalue weighted by molar-refractivity contribution is 6.01. The Labute approximate surface area is 221 Å². The van der Waals surface area contributed by atoms with Crippen molar-refractivity contribution in [1.29, 1.82) is 0 Å². The summed E-state index contributed by atoms with van der Waals surface area (Å²) >= 11 is 0. The number of rotatable bonds is 9. The van der Waals surface area contributed by atoms with Crippen molar-refractivity contribution in [3.8, 4) is 11.1 Å². The predicted molar refractivity (Wildman–Crippen MR) is 147 cm³/mol. The minimum absolute atomic E-state index is 0.0371. The third-order valence-corrected chi connectivity index (χ3v) is 6.51. The minimum Gasteiger partial charge on any atom is -0.480 e. The lowest BCUT2D eigenvalue weighted by Crippen LogP contribution is -2.29. The first-order valence-electron chi connectivity index (χ1n) is 12.3. The van der Waals surface area contributed by atoms with E-state index in [0.29, 0.717) is 17.7 Å². The molecule has 0 aliphatic heterocycles. The summed E-state index contributed by atoms with van der Waals surface area (Å²) in [6.07, 6.45) is 2.22. The third kappa shape index (κ3) is 6.31. The normalized spacial score (nSPS) is 12.1. The van der Waals surface area contributed by atoms with E-state index in [-0.39, 0.29) is 5.92 Å². The van der Waals surface area contributed by atoms with Gasteiger partial charge in [0.05, 0.1) is 5.71 Å². The molecule has 0 aliphatic rings. The van der Waals surface area contributed by atoms with Gasteiger partial charge in [0.1, 0.15) is 6.54 Å². The monoisotopic (exact) mass is 507 g/mol. The Morgan fingerprint density at radius 1 is 0.895 bits per heavy atom. The lowest BCUT2D eigenvalue weighted by Gasteiger charge is -2.21. The number of nitrogens with zero attached hydrogens (tertiary/aromatic N) is 2. The highest BCUT2D eigenvalue weighted by Gasteiger charge is 2.20. The molecule has 7 heteroatoms. The zero-order chi connectivity index (χ0) is 27.1. The number of aliphatic carboxylic acids is 1. The van der Waals surface area contributed by atoms with Crippen molar-refractivity contribution in [3.63, 3.8) is 0 Å². The molecule has 7 nitrogen and oxygen atoms in total. The van der Waals surface area contributed by atoms with Crippen LogP contribution in [0.4, 0.5) is 0 Å². The SMILES string of the molecule is Cc1cc(C(CC(c2ccc(-c3ccc(C(=O)NCC(=O)O)cc3)cc2)c2ccccc2C)=NO)ccn1. The number of oxime groups is 1. The summed E-state index contributed by atoms with van der Waals surface area (Å²) in [6, 6.07) is 27.2. The summed E-state index contributed by atoms with van der Waals surface area (Å²) in [7, 11) is 0. The number of carbonyl (C=O) groups excluding carboxylic acids is 1. The Morgan fingerprint density at radius 3 is 2.16 bits per heavy atom. The second-order valence-electron chi connectivity index (χ2n) is 9.12. The van der Waals surface area contributed by atoms with E-state index in [1.807, 2.05) is 55.5 Å². The fourth-order valence-electron chi connectivity index (χ4n) is 4.50. The second-order valence-corrected chi connectivity index (χ2v) is 9.12. The molecule has 1 atom stereocenters. The van der Waals surface area contributed by atoms with Crippen LogP contribution in [0.25, 0.3) is 11.1 Å². The number of hydrogen-bond donors (Lipinski definition) is 3. The molecule has 0 saturated heterocycles. The van der Waals surface area contributed by atoms with Crippen LogP contribution in [0.2, 0.25) is 0 Å². The predicted octanol–water partition coefficient (Wildman–Crippen LogP) is 5.58. The van der Waals surface area contributed by atoms with Gasteiger partial charge in [0.25, 0.3) is 5.91 Å². The smallest absolute Gasteiger partial charge is 0.322 e. The summed E-state index contributed by atoms with van der Waals surface area (Å²) in [6.45, 7) is 3.57. The molecule has 1 aromatic heterocycles. The van der Waals surface area contributed by atoms with Gasteiger partial charge in [-0.1, -0.05) is 65.8 Å². The molecule has 0 bridgehead atoms. The van der Waals surface area contributed by atoms with Crippen molar-refractivity contribution in [2.75, 3.05) is 6.54 Å². The number of hydrogen-bond acceptors (Lipinski definition) is 5. The lowest BCUT2D eigenvalue weighted by atomic mass is 9.83. The van der Waals surface area contributed by atoms with Crippen LogP contribution >= 0.6 is 0 Å². The van der Waals surface area contributed by atoms with Crippen molar-refractivity contribution in [2.45, 2.75) is 26.2 Å². The standard InChI is InChI=1S/C31H29N3O4/c1-20-5-3-4-6-27(20)28(18-29(34-38)26-15-16-32-21(2)17-26)24-11-7-22(8-12-24)23-9-13-25(14-10-23)31(37)33-19-30(35)36/h3-17,28,38H,18-19H2,1-2H3,(H,33,37)(H,35,36). The molecule has 1 heterocycles. The molecule has 0 spiro atoms. The van der Waals surface area contributed by atoms with E-state index >= 15 is 0 Å². The molecule has 0 fully saturated rings. The fourth-order valence-corrected chi connectivity index (χ4v) is 4.50. The van der Waals surface area contributed by atoms with Gasteiger partial charge in [-0.2, -0.15) is 0 Å². The van der Waals surface area contributed by atoms with Gasteiger partial charge in [-0.05, 0) is 65.9 Å². The van der Waals surface area contributed by atoms with E-state index in [0.717, 1.165) is 39.1 Å². The number of pyridine rings is 1. The topological polar surface area (TPSA) is 112 Å². The third-order valence-electron chi connectivity index (χ3n) is 6.51. The van der Waals surface area contributed by atoms with Crippen molar-refractivity contribution < 1.29 is 19.9 Å². The quantitative estimate of drug-likeness (QED) is 0.156.